The molecule has 0 spiro atoms. The first-order chi connectivity index (χ1) is 8.46. The summed E-state index contributed by atoms with van der Waals surface area (Å²) in [5.74, 6) is -0.214. The molecule has 0 bridgehead atoms. The first-order valence-electron chi connectivity index (χ1n) is 5.88. The lowest BCUT2D eigenvalue weighted by Gasteiger charge is -2.06. The van der Waals surface area contributed by atoms with Crippen molar-refractivity contribution in [3.05, 3.63) is 34.9 Å². The maximum atomic E-state index is 12.0. The first kappa shape index (κ1) is 13.1. The number of rotatable bonds is 4. The maximum absolute atomic E-state index is 12.0. The zero-order valence-electron chi connectivity index (χ0n) is 9.81. The highest BCUT2D eigenvalue weighted by atomic mass is 19.4. The van der Waals surface area contributed by atoms with Crippen molar-refractivity contribution in [3.63, 3.8) is 0 Å². The molecule has 0 fully saturated rings. The van der Waals surface area contributed by atoms with E-state index in [2.05, 4.69) is 5.32 Å². The molecule has 0 unspecified atom stereocenters. The van der Waals surface area contributed by atoms with E-state index in [0.717, 1.165) is 24.2 Å². The van der Waals surface area contributed by atoms with Crippen LogP contribution in [0.3, 0.4) is 0 Å². The van der Waals surface area contributed by atoms with Crippen LogP contribution in [0.2, 0.25) is 0 Å². The second-order valence-electron chi connectivity index (χ2n) is 4.48. The van der Waals surface area contributed by atoms with Crippen molar-refractivity contribution >= 4 is 5.78 Å². The zero-order valence-corrected chi connectivity index (χ0v) is 9.81. The Morgan fingerprint density at radius 1 is 1.22 bits per heavy atom. The topological polar surface area (TPSA) is 29.1 Å². The fourth-order valence-electron chi connectivity index (χ4n) is 2.06. The van der Waals surface area contributed by atoms with Crippen LogP contribution < -0.4 is 5.32 Å². The predicted octanol–water partition coefficient (Wildman–Crippen LogP) is 3.21. The second kappa shape index (κ2) is 5.10. The van der Waals surface area contributed by atoms with Gasteiger partial charge in [0.1, 0.15) is 0 Å². The number of carbonyl (C=O) groups excluding carboxylic acids is 1. The molecule has 0 aliphatic carbocycles. The number of nitrogens with one attached hydrogen (secondary N) is 1. The van der Waals surface area contributed by atoms with Gasteiger partial charge >= 0.3 is 6.18 Å². The number of hydrogen-bond acceptors (Lipinski definition) is 2. The van der Waals surface area contributed by atoms with E-state index in [1.54, 1.807) is 12.1 Å². The first-order valence-corrected chi connectivity index (χ1v) is 5.88. The molecule has 0 amide bonds. The highest BCUT2D eigenvalue weighted by Gasteiger charge is 2.26. The van der Waals surface area contributed by atoms with Crippen LogP contribution in [0.1, 0.15) is 40.7 Å². The van der Waals surface area contributed by atoms with Gasteiger partial charge in [-0.2, -0.15) is 13.2 Å². The van der Waals surface area contributed by atoms with E-state index in [1.807, 2.05) is 6.07 Å². The average Bonchev–Trinajstić information content (AvgIpc) is 2.73. The Kier molecular flexibility index (Phi) is 3.71. The zero-order chi connectivity index (χ0) is 13.2. The van der Waals surface area contributed by atoms with Crippen LogP contribution >= 0.6 is 0 Å². The molecule has 1 aromatic carbocycles. The Bertz CT molecular complexity index is 454. The highest BCUT2D eigenvalue weighted by molar-refractivity contribution is 5.96. The minimum absolute atomic E-state index is 0.0499. The fraction of sp³-hybridized carbons (Fsp3) is 0.462. The number of alkyl halides is 3. The van der Waals surface area contributed by atoms with Gasteiger partial charge in [-0.25, -0.2) is 0 Å². The Balaban J connectivity index is 1.93. The lowest BCUT2D eigenvalue weighted by atomic mass is 10.0. The molecule has 1 aliphatic rings. The summed E-state index contributed by atoms with van der Waals surface area (Å²) in [5, 5.41) is 3.16. The van der Waals surface area contributed by atoms with Crippen LogP contribution in [0.15, 0.2) is 18.2 Å². The molecular formula is C13H14F3NO. The number of carbonyl (C=O) groups is 1. The highest BCUT2D eigenvalue weighted by Crippen LogP contribution is 2.23. The van der Waals surface area contributed by atoms with Crippen LogP contribution in [0.4, 0.5) is 13.2 Å². The Labute approximate surface area is 103 Å². The van der Waals surface area contributed by atoms with Gasteiger partial charge in [-0.3, -0.25) is 4.79 Å². The van der Waals surface area contributed by atoms with Crippen molar-refractivity contribution in [1.29, 1.82) is 0 Å². The van der Waals surface area contributed by atoms with Crippen molar-refractivity contribution in [2.45, 2.75) is 38.5 Å². The van der Waals surface area contributed by atoms with Crippen molar-refractivity contribution in [2.24, 2.45) is 0 Å². The quantitative estimate of drug-likeness (QED) is 0.839. The maximum Gasteiger partial charge on any atom is 0.389 e. The van der Waals surface area contributed by atoms with E-state index in [-0.39, 0.29) is 18.6 Å². The summed E-state index contributed by atoms with van der Waals surface area (Å²) in [6, 6.07) is 5.35. The van der Waals surface area contributed by atoms with Gasteiger partial charge in [-0.1, -0.05) is 12.1 Å². The van der Waals surface area contributed by atoms with E-state index in [4.69, 9.17) is 0 Å². The monoisotopic (exact) mass is 257 g/mol. The molecule has 0 aromatic heterocycles. The van der Waals surface area contributed by atoms with Crippen LogP contribution in [0.25, 0.3) is 0 Å². The van der Waals surface area contributed by atoms with Gasteiger partial charge in [0.15, 0.2) is 5.78 Å². The third-order valence-corrected chi connectivity index (χ3v) is 3.02. The van der Waals surface area contributed by atoms with Gasteiger partial charge in [0.05, 0.1) is 0 Å². The standard InChI is InChI=1S/C13H14F3NO/c14-13(15,16)5-1-2-12(18)9-3-4-10-7-17-8-11(10)6-9/h3-4,6,17H,1-2,5,7-8H2. The molecule has 18 heavy (non-hydrogen) atoms. The lowest BCUT2D eigenvalue weighted by Crippen LogP contribution is -2.08. The molecular weight excluding hydrogens is 243 g/mol. The SMILES string of the molecule is O=C(CCCC(F)(F)F)c1ccc2c(c1)CNC2. The Morgan fingerprint density at radius 3 is 2.67 bits per heavy atom. The van der Waals surface area contributed by atoms with Crippen molar-refractivity contribution in [2.75, 3.05) is 0 Å². The molecule has 1 N–H and O–H groups in total. The smallest absolute Gasteiger partial charge is 0.309 e. The molecule has 0 atom stereocenters. The number of ketones is 1. The molecule has 5 heteroatoms. The summed E-state index contributed by atoms with van der Waals surface area (Å²) in [6.07, 6.45) is -5.27. The van der Waals surface area contributed by atoms with Crippen LogP contribution in [0, 0.1) is 0 Å². The largest absolute Gasteiger partial charge is 0.389 e. The van der Waals surface area contributed by atoms with Crippen LogP contribution in [-0.2, 0) is 13.1 Å². The number of halogens is 3. The predicted molar refractivity (Wildman–Crippen MR) is 61.2 cm³/mol. The average molecular weight is 257 g/mol. The van der Waals surface area contributed by atoms with E-state index in [0.29, 0.717) is 5.56 Å². The summed E-state index contributed by atoms with van der Waals surface area (Å²) >= 11 is 0. The number of hydrogen-bond donors (Lipinski definition) is 1. The van der Waals surface area contributed by atoms with Gasteiger partial charge in [0.25, 0.3) is 0 Å². The van der Waals surface area contributed by atoms with E-state index >= 15 is 0 Å². The summed E-state index contributed by atoms with van der Waals surface area (Å²) in [7, 11) is 0. The third-order valence-electron chi connectivity index (χ3n) is 3.02. The summed E-state index contributed by atoms with van der Waals surface area (Å²) < 4.78 is 35.9. The molecule has 98 valence electrons. The number of benzene rings is 1. The lowest BCUT2D eigenvalue weighted by molar-refractivity contribution is -0.135. The minimum Gasteiger partial charge on any atom is -0.309 e. The van der Waals surface area contributed by atoms with Gasteiger partial charge in [0.2, 0.25) is 0 Å². The molecule has 1 heterocycles. The number of fused-ring (bicyclic) bond motifs is 1. The molecule has 1 aromatic rings. The van der Waals surface area contributed by atoms with E-state index in [1.165, 1.54) is 0 Å². The van der Waals surface area contributed by atoms with Crippen molar-refractivity contribution < 1.29 is 18.0 Å². The molecule has 2 rings (SSSR count). The van der Waals surface area contributed by atoms with Gasteiger partial charge < -0.3 is 5.32 Å². The third kappa shape index (κ3) is 3.32. The fourth-order valence-corrected chi connectivity index (χ4v) is 2.06. The molecule has 1 aliphatic heterocycles. The summed E-state index contributed by atoms with van der Waals surface area (Å²) in [4.78, 5) is 11.7. The Morgan fingerprint density at radius 2 is 1.94 bits per heavy atom. The molecule has 0 saturated carbocycles. The van der Waals surface area contributed by atoms with Crippen molar-refractivity contribution in [1.82, 2.24) is 5.32 Å². The van der Waals surface area contributed by atoms with Gasteiger partial charge in [-0.15, -0.1) is 0 Å². The summed E-state index contributed by atoms with van der Waals surface area (Å²) in [5.41, 5.74) is 2.73. The minimum atomic E-state index is -4.18. The van der Waals surface area contributed by atoms with Crippen LogP contribution in [-0.4, -0.2) is 12.0 Å². The van der Waals surface area contributed by atoms with E-state index in [9.17, 15) is 18.0 Å². The molecule has 0 saturated heterocycles. The molecule has 2 nitrogen and oxygen atoms in total. The summed E-state index contributed by atoms with van der Waals surface area (Å²) in [6.45, 7) is 1.51. The van der Waals surface area contributed by atoms with Gasteiger partial charge in [0, 0.05) is 31.5 Å². The Hall–Kier alpha value is -1.36. The molecule has 0 radical (unpaired) electrons. The van der Waals surface area contributed by atoms with Crippen LogP contribution in [0.5, 0.6) is 0 Å². The van der Waals surface area contributed by atoms with E-state index < -0.39 is 12.6 Å². The normalized spacial score (nSPS) is 14.6. The second-order valence-corrected chi connectivity index (χ2v) is 4.48. The van der Waals surface area contributed by atoms with Crippen molar-refractivity contribution in [3.8, 4) is 0 Å². The van der Waals surface area contributed by atoms with Gasteiger partial charge in [-0.05, 0) is 23.6 Å². The number of Topliss-reactive ketones (excluding diaryl/α,β-unsaturated/α-hetero) is 1.